The number of benzene rings is 1. The molecule has 0 unspecified atom stereocenters. The van der Waals surface area contributed by atoms with Gasteiger partial charge in [-0.05, 0) is 6.07 Å². The Morgan fingerprint density at radius 3 is 2.70 bits per heavy atom. The van der Waals surface area contributed by atoms with Crippen molar-refractivity contribution in [3.8, 4) is 0 Å². The van der Waals surface area contributed by atoms with Gasteiger partial charge in [-0.1, -0.05) is 24.8 Å². The first-order valence-corrected chi connectivity index (χ1v) is 6.75. The van der Waals surface area contributed by atoms with Crippen LogP contribution in [0, 0.1) is 0 Å². The van der Waals surface area contributed by atoms with Crippen LogP contribution in [0.5, 0.6) is 0 Å². The Kier molecular flexibility index (Phi) is 2.87. The molecule has 0 fully saturated rings. The van der Waals surface area contributed by atoms with Gasteiger partial charge in [0.15, 0.2) is 5.13 Å². The quantitative estimate of drug-likeness (QED) is 0.940. The topological polar surface area (TPSA) is 70.5 Å². The third kappa shape index (κ3) is 1.90. The van der Waals surface area contributed by atoms with E-state index in [1.165, 1.54) is 16.2 Å². The van der Waals surface area contributed by atoms with Gasteiger partial charge in [0.05, 0.1) is 17.8 Å². The molecule has 0 spiro atoms. The SMILES string of the molecule is C=C1c2ccccc2C(=O)N1c1nc(CC(=O)O)cs1. The molecule has 5 nitrogen and oxygen atoms in total. The molecule has 1 aliphatic heterocycles. The predicted molar refractivity (Wildman–Crippen MR) is 75.7 cm³/mol. The van der Waals surface area contributed by atoms with Crippen LogP contribution in [-0.2, 0) is 11.2 Å². The lowest BCUT2D eigenvalue weighted by Gasteiger charge is -2.13. The first-order valence-electron chi connectivity index (χ1n) is 5.87. The van der Waals surface area contributed by atoms with Gasteiger partial charge in [0.25, 0.3) is 5.91 Å². The fourth-order valence-corrected chi connectivity index (χ4v) is 2.97. The maximum atomic E-state index is 12.4. The summed E-state index contributed by atoms with van der Waals surface area (Å²) in [6, 6.07) is 7.22. The minimum atomic E-state index is -0.947. The summed E-state index contributed by atoms with van der Waals surface area (Å²) < 4.78 is 0. The molecular formula is C14H10N2O3S. The van der Waals surface area contributed by atoms with Gasteiger partial charge in [-0.3, -0.25) is 14.5 Å². The minimum absolute atomic E-state index is 0.155. The van der Waals surface area contributed by atoms with Crippen molar-refractivity contribution in [2.24, 2.45) is 0 Å². The van der Waals surface area contributed by atoms with Gasteiger partial charge < -0.3 is 5.11 Å². The lowest BCUT2D eigenvalue weighted by atomic mass is 10.1. The van der Waals surface area contributed by atoms with E-state index in [9.17, 15) is 9.59 Å². The number of amides is 1. The van der Waals surface area contributed by atoms with Gasteiger partial charge in [-0.2, -0.15) is 0 Å². The first kappa shape index (κ1) is 12.6. The van der Waals surface area contributed by atoms with Crippen LogP contribution in [0.3, 0.4) is 0 Å². The van der Waals surface area contributed by atoms with Gasteiger partial charge in [0.2, 0.25) is 0 Å². The summed E-state index contributed by atoms with van der Waals surface area (Å²) >= 11 is 1.24. The number of thiazole rings is 1. The van der Waals surface area contributed by atoms with Crippen LogP contribution >= 0.6 is 11.3 Å². The van der Waals surface area contributed by atoms with Crippen molar-refractivity contribution in [2.45, 2.75) is 6.42 Å². The summed E-state index contributed by atoms with van der Waals surface area (Å²) in [7, 11) is 0. The molecule has 2 heterocycles. The van der Waals surface area contributed by atoms with Crippen molar-refractivity contribution in [3.05, 3.63) is 53.0 Å². The van der Waals surface area contributed by atoms with E-state index in [-0.39, 0.29) is 12.3 Å². The van der Waals surface area contributed by atoms with Crippen molar-refractivity contribution in [2.75, 3.05) is 4.90 Å². The van der Waals surface area contributed by atoms with Gasteiger partial charge in [-0.15, -0.1) is 11.3 Å². The zero-order valence-corrected chi connectivity index (χ0v) is 11.2. The van der Waals surface area contributed by atoms with Crippen molar-refractivity contribution >= 4 is 34.0 Å². The zero-order chi connectivity index (χ0) is 14.3. The number of carboxylic acids is 1. The first-order chi connectivity index (χ1) is 9.58. The number of rotatable bonds is 3. The Balaban J connectivity index is 1.96. The summed E-state index contributed by atoms with van der Waals surface area (Å²) in [5.41, 5.74) is 2.39. The predicted octanol–water partition coefficient (Wildman–Crippen LogP) is 2.40. The molecule has 0 atom stereocenters. The molecule has 6 heteroatoms. The monoisotopic (exact) mass is 286 g/mol. The van der Waals surface area contributed by atoms with Crippen LogP contribution < -0.4 is 4.90 Å². The molecule has 1 amide bonds. The number of carboxylic acid groups (broad SMARTS) is 1. The number of aromatic nitrogens is 1. The molecule has 0 aliphatic carbocycles. The van der Waals surface area contributed by atoms with Gasteiger partial charge in [0.1, 0.15) is 0 Å². The second-order valence-electron chi connectivity index (χ2n) is 4.32. The van der Waals surface area contributed by atoms with E-state index in [2.05, 4.69) is 11.6 Å². The molecular weight excluding hydrogens is 276 g/mol. The van der Waals surface area contributed by atoms with Gasteiger partial charge >= 0.3 is 5.97 Å². The molecule has 0 saturated heterocycles. The molecule has 2 aromatic rings. The number of fused-ring (bicyclic) bond motifs is 1. The van der Waals surface area contributed by atoms with Gasteiger partial charge in [-0.25, -0.2) is 4.98 Å². The van der Waals surface area contributed by atoms with Gasteiger partial charge in [0, 0.05) is 16.5 Å². The Morgan fingerprint density at radius 2 is 2.05 bits per heavy atom. The molecule has 0 radical (unpaired) electrons. The highest BCUT2D eigenvalue weighted by atomic mass is 32.1. The van der Waals surface area contributed by atoms with E-state index in [1.807, 2.05) is 12.1 Å². The molecule has 1 aromatic heterocycles. The summed E-state index contributed by atoms with van der Waals surface area (Å²) in [5, 5.41) is 10.9. The van der Waals surface area contributed by atoms with Crippen LogP contribution in [0.15, 0.2) is 36.2 Å². The van der Waals surface area contributed by atoms with E-state index >= 15 is 0 Å². The molecule has 1 aliphatic rings. The highest BCUT2D eigenvalue weighted by Crippen LogP contribution is 2.36. The van der Waals surface area contributed by atoms with E-state index in [0.29, 0.717) is 22.1 Å². The van der Waals surface area contributed by atoms with Crippen molar-refractivity contribution in [1.82, 2.24) is 4.98 Å². The molecule has 1 aromatic carbocycles. The van der Waals surface area contributed by atoms with E-state index in [4.69, 9.17) is 5.11 Å². The standard InChI is InChI=1S/C14H10N2O3S/c1-8-10-4-2-3-5-11(10)13(19)16(8)14-15-9(7-20-14)6-12(17)18/h2-5,7H,1,6H2,(H,17,18). The smallest absolute Gasteiger partial charge is 0.309 e. The van der Waals surface area contributed by atoms with Crippen LogP contribution in [0.4, 0.5) is 5.13 Å². The van der Waals surface area contributed by atoms with Crippen LogP contribution in [0.25, 0.3) is 5.70 Å². The third-order valence-corrected chi connectivity index (χ3v) is 3.88. The number of hydrogen-bond donors (Lipinski definition) is 1. The number of hydrogen-bond acceptors (Lipinski definition) is 4. The summed E-state index contributed by atoms with van der Waals surface area (Å²) in [6.45, 7) is 3.93. The lowest BCUT2D eigenvalue weighted by Crippen LogP contribution is -2.21. The number of carbonyl (C=O) groups is 2. The summed E-state index contributed by atoms with van der Waals surface area (Å²) in [5.74, 6) is -1.13. The molecule has 100 valence electrons. The summed E-state index contributed by atoms with van der Waals surface area (Å²) in [4.78, 5) is 28.7. The summed E-state index contributed by atoms with van der Waals surface area (Å²) in [6.07, 6.45) is -0.155. The van der Waals surface area contributed by atoms with Crippen LogP contribution in [-0.4, -0.2) is 22.0 Å². The third-order valence-electron chi connectivity index (χ3n) is 3.00. The second kappa shape index (κ2) is 4.57. The fourth-order valence-electron chi connectivity index (χ4n) is 2.12. The molecule has 3 rings (SSSR count). The fraction of sp³-hybridized carbons (Fsp3) is 0.0714. The number of carbonyl (C=O) groups excluding carboxylic acids is 1. The number of anilines is 1. The number of aliphatic carboxylic acids is 1. The second-order valence-corrected chi connectivity index (χ2v) is 5.16. The zero-order valence-electron chi connectivity index (χ0n) is 10.4. The van der Waals surface area contributed by atoms with Crippen LogP contribution in [0.2, 0.25) is 0 Å². The normalized spacial score (nSPS) is 13.7. The number of nitrogens with zero attached hydrogens (tertiary/aromatic N) is 2. The average Bonchev–Trinajstić information content (AvgIpc) is 2.94. The van der Waals surface area contributed by atoms with Crippen molar-refractivity contribution < 1.29 is 14.7 Å². The Morgan fingerprint density at radius 1 is 1.35 bits per heavy atom. The Hall–Kier alpha value is -2.47. The van der Waals surface area contributed by atoms with E-state index in [0.717, 1.165) is 5.56 Å². The van der Waals surface area contributed by atoms with E-state index in [1.54, 1.807) is 17.5 Å². The van der Waals surface area contributed by atoms with Crippen molar-refractivity contribution in [1.29, 1.82) is 0 Å². The highest BCUT2D eigenvalue weighted by Gasteiger charge is 2.33. The highest BCUT2D eigenvalue weighted by molar-refractivity contribution is 7.14. The Labute approximate surface area is 118 Å². The Bertz CT molecular complexity index is 701. The average molecular weight is 286 g/mol. The molecule has 1 N–H and O–H groups in total. The van der Waals surface area contributed by atoms with Crippen LogP contribution in [0.1, 0.15) is 21.6 Å². The maximum Gasteiger partial charge on any atom is 0.309 e. The van der Waals surface area contributed by atoms with E-state index < -0.39 is 5.97 Å². The molecule has 0 bridgehead atoms. The minimum Gasteiger partial charge on any atom is -0.481 e. The lowest BCUT2D eigenvalue weighted by molar-refractivity contribution is -0.136. The molecule has 0 saturated carbocycles. The largest absolute Gasteiger partial charge is 0.481 e. The molecule has 20 heavy (non-hydrogen) atoms. The maximum absolute atomic E-state index is 12.4. The van der Waals surface area contributed by atoms with Crippen molar-refractivity contribution in [3.63, 3.8) is 0 Å².